The van der Waals surface area contributed by atoms with E-state index in [0.29, 0.717) is 13.0 Å². The van der Waals surface area contributed by atoms with Gasteiger partial charge in [0.25, 0.3) is 0 Å². The number of hydrogen-bond donors (Lipinski definition) is 1. The molecule has 1 heterocycles. The summed E-state index contributed by atoms with van der Waals surface area (Å²) >= 11 is 0. The number of carboxylic acid groups (broad SMARTS) is 1. The van der Waals surface area contributed by atoms with Gasteiger partial charge in [0.2, 0.25) is 0 Å². The van der Waals surface area contributed by atoms with Crippen molar-refractivity contribution >= 4 is 5.97 Å². The molecule has 23 heavy (non-hydrogen) atoms. The summed E-state index contributed by atoms with van der Waals surface area (Å²) in [7, 11) is 0. The van der Waals surface area contributed by atoms with Gasteiger partial charge in [0.1, 0.15) is 5.75 Å². The SMILES string of the molecule is C[C@@H]1[C@H](C(=O)O)CCCN1Cc1cccc(OCC(F)(F)F)c1. The molecule has 0 saturated carbocycles. The predicted molar refractivity (Wildman–Crippen MR) is 78.2 cm³/mol. The Hall–Kier alpha value is -1.76. The number of benzene rings is 1. The Kier molecular flexibility index (Phi) is 5.51. The number of nitrogens with zero attached hydrogens (tertiary/aromatic N) is 1. The molecular weight excluding hydrogens is 311 g/mol. The molecule has 0 aliphatic carbocycles. The zero-order valence-electron chi connectivity index (χ0n) is 12.8. The van der Waals surface area contributed by atoms with Gasteiger partial charge >= 0.3 is 12.1 Å². The molecule has 4 nitrogen and oxygen atoms in total. The highest BCUT2D eigenvalue weighted by Crippen LogP contribution is 2.26. The minimum absolute atomic E-state index is 0.110. The Morgan fingerprint density at radius 3 is 2.83 bits per heavy atom. The quantitative estimate of drug-likeness (QED) is 0.899. The average Bonchev–Trinajstić information content (AvgIpc) is 2.47. The molecule has 2 atom stereocenters. The first-order valence-electron chi connectivity index (χ1n) is 7.51. The lowest BCUT2D eigenvalue weighted by Gasteiger charge is -2.37. The van der Waals surface area contributed by atoms with Gasteiger partial charge in [-0.05, 0) is 44.0 Å². The number of aliphatic carboxylic acids is 1. The highest BCUT2D eigenvalue weighted by atomic mass is 19.4. The molecule has 128 valence electrons. The molecule has 1 N–H and O–H groups in total. The molecule has 1 aliphatic rings. The second kappa shape index (κ2) is 7.21. The monoisotopic (exact) mass is 331 g/mol. The number of alkyl halides is 3. The first kappa shape index (κ1) is 17.6. The average molecular weight is 331 g/mol. The van der Waals surface area contributed by atoms with Crippen LogP contribution in [0, 0.1) is 5.92 Å². The number of hydrogen-bond acceptors (Lipinski definition) is 3. The van der Waals surface area contributed by atoms with Gasteiger partial charge < -0.3 is 9.84 Å². The van der Waals surface area contributed by atoms with Crippen molar-refractivity contribution in [2.24, 2.45) is 5.92 Å². The standard InChI is InChI=1S/C16H20F3NO3/c1-11-14(15(21)22)6-3-7-20(11)9-12-4-2-5-13(8-12)23-10-16(17,18)19/h2,4-5,8,11,14H,3,6-7,9-10H2,1H3,(H,21,22)/t11-,14-/m1/s1. The first-order valence-corrected chi connectivity index (χ1v) is 7.51. The Morgan fingerprint density at radius 1 is 1.43 bits per heavy atom. The molecule has 0 aromatic heterocycles. The fraction of sp³-hybridized carbons (Fsp3) is 0.562. The lowest BCUT2D eigenvalue weighted by atomic mass is 9.90. The van der Waals surface area contributed by atoms with E-state index in [9.17, 15) is 23.1 Å². The second-order valence-electron chi connectivity index (χ2n) is 5.85. The molecule has 1 fully saturated rings. The first-order chi connectivity index (χ1) is 10.8. The molecule has 1 aliphatic heterocycles. The van der Waals surface area contributed by atoms with E-state index in [-0.39, 0.29) is 11.8 Å². The lowest BCUT2D eigenvalue weighted by molar-refractivity contribution is -0.153. The van der Waals surface area contributed by atoms with E-state index in [4.69, 9.17) is 4.74 Å². The van der Waals surface area contributed by atoms with E-state index < -0.39 is 24.7 Å². The van der Waals surface area contributed by atoms with Crippen LogP contribution in [0.2, 0.25) is 0 Å². The predicted octanol–water partition coefficient (Wildman–Crippen LogP) is 3.31. The van der Waals surface area contributed by atoms with Crippen molar-refractivity contribution in [3.05, 3.63) is 29.8 Å². The van der Waals surface area contributed by atoms with Crippen LogP contribution in [0.4, 0.5) is 13.2 Å². The maximum Gasteiger partial charge on any atom is 0.422 e. The summed E-state index contributed by atoms with van der Waals surface area (Å²) in [6.45, 7) is 1.83. The maximum atomic E-state index is 12.2. The van der Waals surface area contributed by atoms with Gasteiger partial charge in [-0.15, -0.1) is 0 Å². The van der Waals surface area contributed by atoms with Gasteiger partial charge in [0.05, 0.1) is 5.92 Å². The van der Waals surface area contributed by atoms with Gasteiger partial charge in [-0.3, -0.25) is 9.69 Å². The van der Waals surface area contributed by atoms with Crippen LogP contribution in [0.1, 0.15) is 25.3 Å². The van der Waals surface area contributed by atoms with Crippen LogP contribution in [-0.2, 0) is 11.3 Å². The van der Waals surface area contributed by atoms with Crippen LogP contribution in [0.25, 0.3) is 0 Å². The molecule has 0 bridgehead atoms. The Morgan fingerprint density at radius 2 is 2.17 bits per heavy atom. The number of carboxylic acids is 1. The molecule has 0 unspecified atom stereocenters. The van der Waals surface area contributed by atoms with Crippen molar-refractivity contribution in [2.75, 3.05) is 13.2 Å². The zero-order valence-corrected chi connectivity index (χ0v) is 12.8. The van der Waals surface area contributed by atoms with E-state index in [1.165, 1.54) is 6.07 Å². The Bertz CT molecular complexity index is 548. The van der Waals surface area contributed by atoms with Gasteiger partial charge in [-0.1, -0.05) is 12.1 Å². The lowest BCUT2D eigenvalue weighted by Crippen LogP contribution is -2.45. The summed E-state index contributed by atoms with van der Waals surface area (Å²) in [5, 5.41) is 9.23. The normalized spacial score (nSPS) is 22.8. The third kappa shape index (κ3) is 5.13. The van der Waals surface area contributed by atoms with E-state index in [2.05, 4.69) is 0 Å². The van der Waals surface area contributed by atoms with Crippen molar-refractivity contribution < 1.29 is 27.8 Å². The van der Waals surface area contributed by atoms with Crippen LogP contribution in [0.3, 0.4) is 0 Å². The largest absolute Gasteiger partial charge is 0.484 e. The fourth-order valence-corrected chi connectivity index (χ4v) is 2.90. The Labute approximate surface area is 132 Å². The molecule has 0 radical (unpaired) electrons. The maximum absolute atomic E-state index is 12.2. The number of ether oxygens (including phenoxy) is 1. The minimum atomic E-state index is -4.37. The van der Waals surface area contributed by atoms with Crippen LogP contribution in [-0.4, -0.2) is 41.3 Å². The molecule has 0 amide bonds. The third-order valence-electron chi connectivity index (χ3n) is 4.12. The zero-order chi connectivity index (χ0) is 17.0. The summed E-state index contributed by atoms with van der Waals surface area (Å²) in [6.07, 6.45) is -2.92. The van der Waals surface area contributed by atoms with Crippen molar-refractivity contribution in [3.63, 3.8) is 0 Å². The second-order valence-corrected chi connectivity index (χ2v) is 5.85. The van der Waals surface area contributed by atoms with Gasteiger partial charge in [-0.2, -0.15) is 13.2 Å². The number of halogens is 3. The van der Waals surface area contributed by atoms with Crippen molar-refractivity contribution in [3.8, 4) is 5.75 Å². The van der Waals surface area contributed by atoms with Crippen LogP contribution in [0.5, 0.6) is 5.75 Å². The summed E-state index contributed by atoms with van der Waals surface area (Å²) in [5.74, 6) is -1.04. The highest BCUT2D eigenvalue weighted by Gasteiger charge is 2.32. The topological polar surface area (TPSA) is 49.8 Å². The van der Waals surface area contributed by atoms with Crippen molar-refractivity contribution in [1.29, 1.82) is 0 Å². The van der Waals surface area contributed by atoms with E-state index in [1.54, 1.807) is 18.2 Å². The molecular formula is C16H20F3NO3. The minimum Gasteiger partial charge on any atom is -0.484 e. The van der Waals surface area contributed by atoms with E-state index >= 15 is 0 Å². The van der Waals surface area contributed by atoms with Crippen molar-refractivity contribution in [1.82, 2.24) is 4.90 Å². The van der Waals surface area contributed by atoms with E-state index in [1.807, 2.05) is 11.8 Å². The van der Waals surface area contributed by atoms with Gasteiger partial charge in [0, 0.05) is 12.6 Å². The number of likely N-dealkylation sites (tertiary alicyclic amines) is 1. The molecule has 0 spiro atoms. The van der Waals surface area contributed by atoms with E-state index in [0.717, 1.165) is 18.5 Å². The van der Waals surface area contributed by atoms with Crippen molar-refractivity contribution in [2.45, 2.75) is 38.5 Å². The summed E-state index contributed by atoms with van der Waals surface area (Å²) < 4.78 is 41.3. The smallest absolute Gasteiger partial charge is 0.422 e. The summed E-state index contributed by atoms with van der Waals surface area (Å²) in [5.41, 5.74) is 0.808. The van der Waals surface area contributed by atoms with Crippen LogP contribution >= 0.6 is 0 Å². The fourth-order valence-electron chi connectivity index (χ4n) is 2.90. The van der Waals surface area contributed by atoms with Gasteiger partial charge in [-0.25, -0.2) is 0 Å². The summed E-state index contributed by atoms with van der Waals surface area (Å²) in [6, 6.07) is 6.39. The molecule has 2 rings (SSSR count). The molecule has 1 saturated heterocycles. The van der Waals surface area contributed by atoms with Crippen LogP contribution in [0.15, 0.2) is 24.3 Å². The number of rotatable bonds is 5. The molecule has 1 aromatic carbocycles. The third-order valence-corrected chi connectivity index (χ3v) is 4.12. The van der Waals surface area contributed by atoms with Crippen LogP contribution < -0.4 is 4.74 Å². The van der Waals surface area contributed by atoms with Gasteiger partial charge in [0.15, 0.2) is 6.61 Å². The Balaban J connectivity index is 2.01. The highest BCUT2D eigenvalue weighted by molar-refractivity contribution is 5.70. The molecule has 1 aromatic rings. The summed E-state index contributed by atoms with van der Waals surface area (Å²) in [4.78, 5) is 13.3. The number of carbonyl (C=O) groups is 1. The molecule has 7 heteroatoms. The number of piperidine rings is 1.